The van der Waals surface area contributed by atoms with E-state index in [1.807, 2.05) is 18.5 Å². The van der Waals surface area contributed by atoms with Gasteiger partial charge in [0.1, 0.15) is 0 Å². The van der Waals surface area contributed by atoms with Crippen molar-refractivity contribution in [1.82, 2.24) is 25.1 Å². The third-order valence-electron chi connectivity index (χ3n) is 5.26. The number of nitrogens with zero attached hydrogens (tertiary/aromatic N) is 4. The van der Waals surface area contributed by atoms with Gasteiger partial charge in [-0.15, -0.1) is 24.0 Å². The van der Waals surface area contributed by atoms with Gasteiger partial charge in [0.15, 0.2) is 5.96 Å². The number of benzene rings is 2. The first-order chi connectivity index (χ1) is 15.2. The number of imidazole rings is 1. The average Bonchev–Trinajstić information content (AvgIpc) is 3.20. The van der Waals surface area contributed by atoms with E-state index in [-0.39, 0.29) is 24.0 Å². The second-order valence-electron chi connectivity index (χ2n) is 7.68. The Morgan fingerprint density at radius 2 is 1.81 bits per heavy atom. The van der Waals surface area contributed by atoms with Gasteiger partial charge in [0, 0.05) is 53.5 Å². The van der Waals surface area contributed by atoms with Crippen molar-refractivity contribution in [3.05, 3.63) is 66.0 Å². The van der Waals surface area contributed by atoms with Crippen LogP contribution in [-0.2, 0) is 17.8 Å². The molecule has 0 unspecified atom stereocenters. The molecule has 2 aromatic carbocycles. The number of para-hydroxylation sites is 2. The van der Waals surface area contributed by atoms with E-state index in [0.29, 0.717) is 0 Å². The first-order valence-corrected chi connectivity index (χ1v) is 10.8. The lowest BCUT2D eigenvalue weighted by Crippen LogP contribution is -2.40. The predicted octanol–water partition coefficient (Wildman–Crippen LogP) is 3.34. The fourth-order valence-corrected chi connectivity index (χ4v) is 3.46. The van der Waals surface area contributed by atoms with Gasteiger partial charge in [-0.1, -0.05) is 36.4 Å². The van der Waals surface area contributed by atoms with Gasteiger partial charge >= 0.3 is 0 Å². The summed E-state index contributed by atoms with van der Waals surface area (Å²) in [7, 11) is 5.67. The molecule has 8 heteroatoms. The number of methoxy groups -OCH3 is 1. The Morgan fingerprint density at radius 3 is 2.56 bits per heavy atom. The van der Waals surface area contributed by atoms with E-state index in [1.54, 1.807) is 14.2 Å². The normalized spacial score (nSPS) is 11.6. The molecule has 174 valence electrons. The van der Waals surface area contributed by atoms with Gasteiger partial charge in [-0.25, -0.2) is 4.98 Å². The van der Waals surface area contributed by atoms with Crippen molar-refractivity contribution >= 4 is 41.0 Å². The summed E-state index contributed by atoms with van der Waals surface area (Å²) in [4.78, 5) is 11.1. The lowest BCUT2D eigenvalue weighted by Gasteiger charge is -2.18. The quantitative estimate of drug-likeness (QED) is 0.166. The van der Waals surface area contributed by atoms with Crippen LogP contribution in [-0.4, -0.2) is 67.9 Å². The highest BCUT2D eigenvalue weighted by molar-refractivity contribution is 14.0. The number of nitrogens with one attached hydrogen (secondary N) is 2. The number of hydrogen-bond donors (Lipinski definition) is 2. The minimum Gasteiger partial charge on any atom is -0.385 e. The maximum atomic E-state index is 5.10. The Hall–Kier alpha value is -2.17. The molecule has 0 radical (unpaired) electrons. The van der Waals surface area contributed by atoms with E-state index in [4.69, 9.17) is 4.74 Å². The van der Waals surface area contributed by atoms with Gasteiger partial charge in [0.2, 0.25) is 0 Å². The highest BCUT2D eigenvalue weighted by atomic mass is 127. The van der Waals surface area contributed by atoms with Crippen molar-refractivity contribution in [2.45, 2.75) is 19.5 Å². The summed E-state index contributed by atoms with van der Waals surface area (Å²) in [6, 6.07) is 16.9. The number of rotatable bonds is 11. The number of likely N-dealkylation sites (N-methyl/N-ethyl adjacent to an activating group) is 1. The third kappa shape index (κ3) is 8.07. The fraction of sp³-hybridized carbons (Fsp3) is 0.417. The Bertz CT molecular complexity index is 957. The zero-order valence-electron chi connectivity index (χ0n) is 19.3. The Balaban J connectivity index is 0.00000363. The summed E-state index contributed by atoms with van der Waals surface area (Å²) in [5.41, 5.74) is 4.67. The molecule has 0 fully saturated rings. The molecule has 0 spiro atoms. The number of halogens is 1. The monoisotopic (exact) mass is 550 g/mol. The van der Waals surface area contributed by atoms with Gasteiger partial charge < -0.3 is 24.8 Å². The second kappa shape index (κ2) is 14.1. The zero-order chi connectivity index (χ0) is 21.9. The zero-order valence-corrected chi connectivity index (χ0v) is 21.6. The van der Waals surface area contributed by atoms with Crippen LogP contribution in [0.1, 0.15) is 17.5 Å². The Kier molecular flexibility index (Phi) is 11.5. The van der Waals surface area contributed by atoms with Crippen LogP contribution in [0, 0.1) is 0 Å². The lowest BCUT2D eigenvalue weighted by atomic mass is 10.1. The molecular formula is C24H35IN6O. The van der Waals surface area contributed by atoms with Crippen molar-refractivity contribution in [3.8, 4) is 0 Å². The molecular weight excluding hydrogens is 515 g/mol. The largest absolute Gasteiger partial charge is 0.385 e. The molecule has 0 saturated heterocycles. The van der Waals surface area contributed by atoms with E-state index >= 15 is 0 Å². The maximum absolute atomic E-state index is 5.10. The highest BCUT2D eigenvalue weighted by Gasteiger charge is 2.04. The molecule has 32 heavy (non-hydrogen) atoms. The van der Waals surface area contributed by atoms with Crippen LogP contribution in [0.3, 0.4) is 0 Å². The topological polar surface area (TPSA) is 66.7 Å². The Morgan fingerprint density at radius 1 is 1.06 bits per heavy atom. The van der Waals surface area contributed by atoms with Crippen molar-refractivity contribution in [3.63, 3.8) is 0 Å². The molecule has 0 bridgehead atoms. The number of aromatic nitrogens is 2. The van der Waals surface area contributed by atoms with Crippen LogP contribution >= 0.6 is 24.0 Å². The van der Waals surface area contributed by atoms with Crippen LogP contribution in [0.25, 0.3) is 11.0 Å². The molecule has 3 aromatic rings. The standard InChI is InChI=1S/C24H34N6O.HI/c1-25-24(26-13-15-29(2)14-6-16-31-3)27-17-20-9-11-21(12-10-20)18-30-19-28-22-7-4-5-8-23(22)30;/h4-5,7-12,19H,6,13-18H2,1-3H3,(H2,25,26,27);1H. The van der Waals surface area contributed by atoms with Crippen molar-refractivity contribution < 1.29 is 4.74 Å². The van der Waals surface area contributed by atoms with Gasteiger partial charge in [-0.3, -0.25) is 4.99 Å². The van der Waals surface area contributed by atoms with Gasteiger partial charge in [0.05, 0.1) is 17.4 Å². The average molecular weight is 550 g/mol. The molecule has 2 N–H and O–H groups in total. The lowest BCUT2D eigenvalue weighted by molar-refractivity contribution is 0.180. The molecule has 0 aliphatic carbocycles. The Labute approximate surface area is 208 Å². The molecule has 0 aliphatic rings. The van der Waals surface area contributed by atoms with Crippen LogP contribution in [0.15, 0.2) is 59.9 Å². The number of fused-ring (bicyclic) bond motifs is 1. The summed E-state index contributed by atoms with van der Waals surface area (Å²) in [5, 5.41) is 6.76. The number of guanidine groups is 1. The minimum atomic E-state index is 0. The van der Waals surface area contributed by atoms with E-state index in [1.165, 1.54) is 11.1 Å². The molecule has 1 heterocycles. The number of aliphatic imine (C=N–C) groups is 1. The number of ether oxygens (including phenoxy) is 1. The van der Waals surface area contributed by atoms with E-state index in [2.05, 4.69) is 73.5 Å². The van der Waals surface area contributed by atoms with Crippen LogP contribution in [0.4, 0.5) is 0 Å². The van der Waals surface area contributed by atoms with Crippen molar-refractivity contribution in [2.75, 3.05) is 47.4 Å². The predicted molar refractivity (Wildman–Crippen MR) is 143 cm³/mol. The summed E-state index contributed by atoms with van der Waals surface area (Å²) >= 11 is 0. The molecule has 0 saturated carbocycles. The summed E-state index contributed by atoms with van der Waals surface area (Å²) in [6.07, 6.45) is 2.96. The van der Waals surface area contributed by atoms with Gasteiger partial charge in [-0.05, 0) is 36.7 Å². The second-order valence-corrected chi connectivity index (χ2v) is 7.68. The molecule has 3 rings (SSSR count). The van der Waals surface area contributed by atoms with Gasteiger partial charge in [-0.2, -0.15) is 0 Å². The first kappa shape index (κ1) is 26.1. The number of hydrogen-bond acceptors (Lipinski definition) is 4. The van der Waals surface area contributed by atoms with Crippen LogP contribution in [0.5, 0.6) is 0 Å². The SMILES string of the molecule is CN=C(NCCN(C)CCCOC)NCc1ccc(Cn2cnc3ccccc32)cc1.I. The molecule has 0 atom stereocenters. The summed E-state index contributed by atoms with van der Waals surface area (Å²) in [6.45, 7) is 5.19. The maximum Gasteiger partial charge on any atom is 0.191 e. The van der Waals surface area contributed by atoms with Crippen LogP contribution in [0.2, 0.25) is 0 Å². The molecule has 7 nitrogen and oxygen atoms in total. The van der Waals surface area contributed by atoms with Crippen molar-refractivity contribution in [1.29, 1.82) is 0 Å². The van der Waals surface area contributed by atoms with E-state index < -0.39 is 0 Å². The van der Waals surface area contributed by atoms with Crippen molar-refractivity contribution in [2.24, 2.45) is 4.99 Å². The summed E-state index contributed by atoms with van der Waals surface area (Å²) < 4.78 is 7.28. The fourth-order valence-electron chi connectivity index (χ4n) is 3.46. The molecule has 0 aliphatic heterocycles. The van der Waals surface area contributed by atoms with Gasteiger partial charge in [0.25, 0.3) is 0 Å². The molecule has 0 amide bonds. The minimum absolute atomic E-state index is 0. The smallest absolute Gasteiger partial charge is 0.191 e. The van der Waals surface area contributed by atoms with E-state index in [0.717, 1.165) is 62.7 Å². The highest BCUT2D eigenvalue weighted by Crippen LogP contribution is 2.14. The summed E-state index contributed by atoms with van der Waals surface area (Å²) in [5.74, 6) is 0.819. The first-order valence-electron chi connectivity index (χ1n) is 10.8. The third-order valence-corrected chi connectivity index (χ3v) is 5.26. The molecule has 1 aromatic heterocycles. The van der Waals surface area contributed by atoms with Crippen LogP contribution < -0.4 is 10.6 Å². The van der Waals surface area contributed by atoms with E-state index in [9.17, 15) is 0 Å².